The van der Waals surface area contributed by atoms with Crippen molar-refractivity contribution in [2.75, 3.05) is 5.88 Å². The molecule has 0 spiro atoms. The first-order valence-electron chi connectivity index (χ1n) is 6.78. The van der Waals surface area contributed by atoms with Gasteiger partial charge in [0.25, 0.3) is 0 Å². The molecule has 0 fully saturated rings. The molecule has 0 bridgehead atoms. The first-order valence-corrected chi connectivity index (χ1v) is 7.31. The summed E-state index contributed by atoms with van der Waals surface area (Å²) in [5.41, 5.74) is 3.69. The van der Waals surface area contributed by atoms with Gasteiger partial charge in [-0.3, -0.25) is 4.68 Å². The van der Waals surface area contributed by atoms with Gasteiger partial charge in [0, 0.05) is 37.2 Å². The normalized spacial score (nSPS) is 11.4. The summed E-state index contributed by atoms with van der Waals surface area (Å²) >= 11 is 5.86. The van der Waals surface area contributed by atoms with E-state index < -0.39 is 0 Å². The van der Waals surface area contributed by atoms with E-state index in [9.17, 15) is 4.39 Å². The van der Waals surface area contributed by atoms with E-state index in [0.717, 1.165) is 22.6 Å². The molecule has 0 atom stereocenters. The molecule has 0 aliphatic rings. The summed E-state index contributed by atoms with van der Waals surface area (Å²) in [5, 5.41) is 4.36. The largest absolute Gasteiger partial charge is 0.323 e. The van der Waals surface area contributed by atoms with Crippen LogP contribution in [0.15, 0.2) is 24.4 Å². The first-order chi connectivity index (χ1) is 10.1. The number of nitrogens with zero attached hydrogens (tertiary/aromatic N) is 4. The van der Waals surface area contributed by atoms with Crippen LogP contribution in [0.4, 0.5) is 4.39 Å². The van der Waals surface area contributed by atoms with Crippen LogP contribution in [0.1, 0.15) is 17.1 Å². The topological polar surface area (TPSA) is 35.6 Å². The van der Waals surface area contributed by atoms with Gasteiger partial charge >= 0.3 is 0 Å². The molecule has 110 valence electrons. The van der Waals surface area contributed by atoms with Gasteiger partial charge in [-0.05, 0) is 19.1 Å². The van der Waals surface area contributed by atoms with Gasteiger partial charge in [-0.25, -0.2) is 9.37 Å². The molecule has 0 saturated carbocycles. The Morgan fingerprint density at radius 3 is 2.81 bits per heavy atom. The van der Waals surface area contributed by atoms with Crippen molar-refractivity contribution >= 4 is 22.6 Å². The SMILES string of the molecule is Cc1nn(C)cc1Cn1c(CCCl)nc2cc(F)ccc21. The molecular formula is C15H16ClFN4. The lowest BCUT2D eigenvalue weighted by atomic mass is 10.2. The standard InChI is InChI=1S/C15H16ClFN4/c1-10-11(8-20(2)19-10)9-21-14-4-3-12(17)7-13(14)18-15(21)5-6-16/h3-4,7-8H,5-6,9H2,1-2H3. The highest BCUT2D eigenvalue weighted by Crippen LogP contribution is 2.20. The highest BCUT2D eigenvalue weighted by molar-refractivity contribution is 6.17. The molecule has 2 heterocycles. The molecule has 3 aromatic rings. The Morgan fingerprint density at radius 2 is 2.14 bits per heavy atom. The Labute approximate surface area is 127 Å². The third-order valence-corrected chi connectivity index (χ3v) is 3.74. The van der Waals surface area contributed by atoms with Gasteiger partial charge in [0.2, 0.25) is 0 Å². The Hall–Kier alpha value is -1.88. The molecule has 1 aromatic carbocycles. The zero-order valence-electron chi connectivity index (χ0n) is 12.0. The van der Waals surface area contributed by atoms with Gasteiger partial charge < -0.3 is 4.57 Å². The molecule has 0 N–H and O–H groups in total. The van der Waals surface area contributed by atoms with Gasteiger partial charge in [0.15, 0.2) is 0 Å². The van der Waals surface area contributed by atoms with E-state index in [1.54, 1.807) is 10.7 Å². The third kappa shape index (κ3) is 2.65. The van der Waals surface area contributed by atoms with E-state index in [1.165, 1.54) is 12.1 Å². The van der Waals surface area contributed by atoms with Crippen molar-refractivity contribution < 1.29 is 4.39 Å². The number of alkyl halides is 1. The van der Waals surface area contributed by atoms with Gasteiger partial charge in [0.1, 0.15) is 11.6 Å². The van der Waals surface area contributed by atoms with E-state index >= 15 is 0 Å². The minimum Gasteiger partial charge on any atom is -0.323 e. The van der Waals surface area contributed by atoms with Crippen molar-refractivity contribution in [3.8, 4) is 0 Å². The van der Waals surface area contributed by atoms with Crippen molar-refractivity contribution in [1.82, 2.24) is 19.3 Å². The lowest BCUT2D eigenvalue weighted by Crippen LogP contribution is -2.06. The van der Waals surface area contributed by atoms with Crippen LogP contribution >= 0.6 is 11.6 Å². The molecule has 0 unspecified atom stereocenters. The maximum atomic E-state index is 13.4. The van der Waals surface area contributed by atoms with Gasteiger partial charge in [-0.15, -0.1) is 11.6 Å². The number of aryl methyl sites for hydroxylation is 3. The highest BCUT2D eigenvalue weighted by Gasteiger charge is 2.13. The number of rotatable bonds is 4. The number of benzene rings is 1. The second-order valence-electron chi connectivity index (χ2n) is 5.10. The number of fused-ring (bicyclic) bond motifs is 1. The van der Waals surface area contributed by atoms with E-state index in [-0.39, 0.29) is 5.82 Å². The van der Waals surface area contributed by atoms with Crippen LogP contribution in [0.3, 0.4) is 0 Å². The fourth-order valence-corrected chi connectivity index (χ4v) is 2.75. The monoisotopic (exact) mass is 306 g/mol. The van der Waals surface area contributed by atoms with Gasteiger partial charge in [-0.2, -0.15) is 5.10 Å². The quantitative estimate of drug-likeness (QED) is 0.695. The minimum absolute atomic E-state index is 0.276. The van der Waals surface area contributed by atoms with Crippen molar-refractivity contribution in [1.29, 1.82) is 0 Å². The zero-order valence-corrected chi connectivity index (χ0v) is 12.7. The lowest BCUT2D eigenvalue weighted by Gasteiger charge is -2.07. The van der Waals surface area contributed by atoms with Crippen molar-refractivity contribution in [3.63, 3.8) is 0 Å². The first kappa shape index (κ1) is 14.1. The molecule has 0 aliphatic carbocycles. The summed E-state index contributed by atoms with van der Waals surface area (Å²) in [6.45, 7) is 2.64. The second-order valence-corrected chi connectivity index (χ2v) is 5.48. The molecule has 0 aliphatic heterocycles. The second kappa shape index (κ2) is 5.48. The summed E-state index contributed by atoms with van der Waals surface area (Å²) in [6.07, 6.45) is 2.65. The van der Waals surface area contributed by atoms with Crippen molar-refractivity contribution in [3.05, 3.63) is 47.3 Å². The molecule has 6 heteroatoms. The number of hydrogen-bond donors (Lipinski definition) is 0. The summed E-state index contributed by atoms with van der Waals surface area (Å²) in [6, 6.07) is 4.68. The van der Waals surface area contributed by atoms with Gasteiger partial charge in [0.05, 0.1) is 23.3 Å². The summed E-state index contributed by atoms with van der Waals surface area (Å²) in [5.74, 6) is 1.08. The van der Waals surface area contributed by atoms with Crippen molar-refractivity contribution in [2.45, 2.75) is 19.9 Å². The van der Waals surface area contributed by atoms with E-state index in [4.69, 9.17) is 11.6 Å². The molecule has 0 amide bonds. The Morgan fingerprint density at radius 1 is 1.33 bits per heavy atom. The fraction of sp³-hybridized carbons (Fsp3) is 0.333. The van der Waals surface area contributed by atoms with Crippen LogP contribution in [-0.2, 0) is 20.0 Å². The minimum atomic E-state index is -0.276. The smallest absolute Gasteiger partial charge is 0.125 e. The van der Waals surface area contributed by atoms with Crippen LogP contribution in [0.25, 0.3) is 11.0 Å². The summed E-state index contributed by atoms with van der Waals surface area (Å²) < 4.78 is 17.2. The molecule has 21 heavy (non-hydrogen) atoms. The number of hydrogen-bond acceptors (Lipinski definition) is 2. The summed E-state index contributed by atoms with van der Waals surface area (Å²) in [7, 11) is 1.90. The third-order valence-electron chi connectivity index (χ3n) is 3.55. The average molecular weight is 307 g/mol. The molecule has 2 aromatic heterocycles. The zero-order chi connectivity index (χ0) is 15.0. The predicted octanol–water partition coefficient (Wildman–Crippen LogP) is 3.05. The summed E-state index contributed by atoms with van der Waals surface area (Å²) in [4.78, 5) is 4.51. The van der Waals surface area contributed by atoms with Crippen LogP contribution in [0, 0.1) is 12.7 Å². The van der Waals surface area contributed by atoms with Crippen LogP contribution < -0.4 is 0 Å². The van der Waals surface area contributed by atoms with E-state index in [1.807, 2.05) is 20.2 Å². The lowest BCUT2D eigenvalue weighted by molar-refractivity contribution is 0.629. The maximum absolute atomic E-state index is 13.4. The van der Waals surface area contributed by atoms with Crippen molar-refractivity contribution in [2.24, 2.45) is 7.05 Å². The average Bonchev–Trinajstić information content (AvgIpc) is 2.91. The Bertz CT molecular complexity index is 790. The van der Waals surface area contributed by atoms with Gasteiger partial charge in [-0.1, -0.05) is 0 Å². The Balaban J connectivity index is 2.10. The molecule has 0 saturated heterocycles. The highest BCUT2D eigenvalue weighted by atomic mass is 35.5. The number of aromatic nitrogens is 4. The Kier molecular flexibility index (Phi) is 3.68. The molecule has 4 nitrogen and oxygen atoms in total. The van der Waals surface area contributed by atoms with E-state index in [0.29, 0.717) is 24.4 Å². The predicted molar refractivity (Wildman–Crippen MR) is 81.2 cm³/mol. The maximum Gasteiger partial charge on any atom is 0.125 e. The number of imidazole rings is 1. The molecule has 3 rings (SSSR count). The molecular weight excluding hydrogens is 291 g/mol. The fourth-order valence-electron chi connectivity index (χ4n) is 2.58. The molecule has 0 radical (unpaired) electrons. The van der Waals surface area contributed by atoms with Crippen LogP contribution in [0.5, 0.6) is 0 Å². The van der Waals surface area contributed by atoms with Crippen LogP contribution in [0.2, 0.25) is 0 Å². The van der Waals surface area contributed by atoms with E-state index in [2.05, 4.69) is 14.6 Å². The number of halogens is 2. The van der Waals surface area contributed by atoms with Crippen LogP contribution in [-0.4, -0.2) is 25.2 Å².